The van der Waals surface area contributed by atoms with E-state index in [2.05, 4.69) is 10.6 Å². The molecule has 0 spiro atoms. The van der Waals surface area contributed by atoms with E-state index in [1.807, 2.05) is 13.0 Å². The van der Waals surface area contributed by atoms with Crippen LogP contribution in [0.4, 0.5) is 5.69 Å². The Morgan fingerprint density at radius 2 is 2.00 bits per heavy atom. The van der Waals surface area contributed by atoms with E-state index in [4.69, 9.17) is 5.73 Å². The first-order valence-corrected chi connectivity index (χ1v) is 7.90. The Balaban J connectivity index is 2.04. The molecule has 2 atom stereocenters. The van der Waals surface area contributed by atoms with Crippen molar-refractivity contribution in [2.45, 2.75) is 45.1 Å². The fourth-order valence-corrected chi connectivity index (χ4v) is 3.08. The molecule has 1 aliphatic rings. The van der Waals surface area contributed by atoms with E-state index in [1.165, 1.54) is 0 Å². The number of hydrogen-bond donors (Lipinski definition) is 3. The highest BCUT2D eigenvalue weighted by Gasteiger charge is 2.24. The number of nitrogens with two attached hydrogens (primary N) is 1. The molecule has 2 amide bonds. The van der Waals surface area contributed by atoms with Gasteiger partial charge in [0.2, 0.25) is 5.91 Å². The molecule has 5 nitrogen and oxygen atoms in total. The largest absolute Gasteiger partial charge is 0.355 e. The van der Waals surface area contributed by atoms with E-state index in [0.717, 1.165) is 31.2 Å². The van der Waals surface area contributed by atoms with Gasteiger partial charge in [0.25, 0.3) is 5.91 Å². The zero-order chi connectivity index (χ0) is 16.1. The Hall–Kier alpha value is -1.88. The van der Waals surface area contributed by atoms with Crippen molar-refractivity contribution in [1.82, 2.24) is 5.32 Å². The molecule has 2 rings (SSSR count). The summed E-state index contributed by atoms with van der Waals surface area (Å²) < 4.78 is 0. The molecule has 120 valence electrons. The first-order chi connectivity index (χ1) is 10.5. The summed E-state index contributed by atoms with van der Waals surface area (Å²) >= 11 is 0. The van der Waals surface area contributed by atoms with Gasteiger partial charge in [0, 0.05) is 30.8 Å². The van der Waals surface area contributed by atoms with Gasteiger partial charge in [0.1, 0.15) is 0 Å². The summed E-state index contributed by atoms with van der Waals surface area (Å²) in [6, 6.07) is 5.47. The van der Waals surface area contributed by atoms with Crippen LogP contribution in [0.1, 0.15) is 48.0 Å². The SMILES string of the molecule is CNC(=O)c1cccc(NC(=O)CC2CCCCC2N)c1C. The number of amides is 2. The van der Waals surface area contributed by atoms with Gasteiger partial charge < -0.3 is 16.4 Å². The van der Waals surface area contributed by atoms with Crippen LogP contribution in [0.5, 0.6) is 0 Å². The molecular weight excluding hydrogens is 278 g/mol. The van der Waals surface area contributed by atoms with Crippen molar-refractivity contribution in [1.29, 1.82) is 0 Å². The highest BCUT2D eigenvalue weighted by atomic mass is 16.2. The molecule has 0 saturated heterocycles. The number of carbonyl (C=O) groups is 2. The topological polar surface area (TPSA) is 84.2 Å². The molecular formula is C17H25N3O2. The van der Waals surface area contributed by atoms with Crippen LogP contribution in [0.25, 0.3) is 0 Å². The van der Waals surface area contributed by atoms with Crippen LogP contribution in [0.3, 0.4) is 0 Å². The number of benzene rings is 1. The van der Waals surface area contributed by atoms with Crippen LogP contribution in [-0.4, -0.2) is 24.9 Å². The normalized spacial score (nSPS) is 21.2. The molecule has 2 unspecified atom stereocenters. The first-order valence-electron chi connectivity index (χ1n) is 7.90. The van der Waals surface area contributed by atoms with Crippen molar-refractivity contribution in [2.75, 3.05) is 12.4 Å². The number of nitrogens with one attached hydrogen (secondary N) is 2. The lowest BCUT2D eigenvalue weighted by molar-refractivity contribution is -0.117. The monoisotopic (exact) mass is 303 g/mol. The zero-order valence-corrected chi connectivity index (χ0v) is 13.3. The predicted molar refractivity (Wildman–Crippen MR) is 87.7 cm³/mol. The van der Waals surface area contributed by atoms with Crippen LogP contribution >= 0.6 is 0 Å². The fourth-order valence-electron chi connectivity index (χ4n) is 3.08. The maximum Gasteiger partial charge on any atom is 0.251 e. The quantitative estimate of drug-likeness (QED) is 0.797. The number of anilines is 1. The van der Waals surface area contributed by atoms with Crippen molar-refractivity contribution in [3.05, 3.63) is 29.3 Å². The molecule has 0 heterocycles. The third kappa shape index (κ3) is 3.85. The van der Waals surface area contributed by atoms with Gasteiger partial charge in [-0.1, -0.05) is 18.9 Å². The first kappa shape index (κ1) is 16.5. The van der Waals surface area contributed by atoms with Gasteiger partial charge in [-0.05, 0) is 43.4 Å². The lowest BCUT2D eigenvalue weighted by Crippen LogP contribution is -2.35. The summed E-state index contributed by atoms with van der Waals surface area (Å²) in [7, 11) is 1.59. The Morgan fingerprint density at radius 3 is 2.68 bits per heavy atom. The van der Waals surface area contributed by atoms with Crippen molar-refractivity contribution in [3.8, 4) is 0 Å². The Labute approximate surface area is 131 Å². The average Bonchev–Trinajstić information content (AvgIpc) is 2.51. The van der Waals surface area contributed by atoms with Crippen LogP contribution in [0.2, 0.25) is 0 Å². The summed E-state index contributed by atoms with van der Waals surface area (Å²) in [5.74, 6) is 0.0820. The highest BCUT2D eigenvalue weighted by molar-refractivity contribution is 5.99. The number of carbonyl (C=O) groups excluding carboxylic acids is 2. The smallest absolute Gasteiger partial charge is 0.251 e. The predicted octanol–water partition coefficient (Wildman–Crippen LogP) is 2.20. The van der Waals surface area contributed by atoms with E-state index in [0.29, 0.717) is 17.7 Å². The Bertz CT molecular complexity index is 557. The lowest BCUT2D eigenvalue weighted by atomic mass is 9.83. The van der Waals surface area contributed by atoms with Crippen molar-refractivity contribution in [3.63, 3.8) is 0 Å². The van der Waals surface area contributed by atoms with Crippen LogP contribution in [0.15, 0.2) is 18.2 Å². The third-order valence-corrected chi connectivity index (χ3v) is 4.50. The summed E-state index contributed by atoms with van der Waals surface area (Å²) in [5, 5.41) is 5.53. The van der Waals surface area contributed by atoms with E-state index < -0.39 is 0 Å². The van der Waals surface area contributed by atoms with Gasteiger partial charge in [-0.2, -0.15) is 0 Å². The summed E-state index contributed by atoms with van der Waals surface area (Å²) in [6.07, 6.45) is 4.78. The maximum absolute atomic E-state index is 12.3. The second-order valence-electron chi connectivity index (χ2n) is 6.02. The lowest BCUT2D eigenvalue weighted by Gasteiger charge is -2.28. The summed E-state index contributed by atoms with van der Waals surface area (Å²) in [6.45, 7) is 1.84. The molecule has 1 fully saturated rings. The Kier molecular flexibility index (Phi) is 5.55. The van der Waals surface area contributed by atoms with Gasteiger partial charge in [-0.15, -0.1) is 0 Å². The van der Waals surface area contributed by atoms with Gasteiger partial charge in [0.15, 0.2) is 0 Å². The maximum atomic E-state index is 12.3. The number of hydrogen-bond acceptors (Lipinski definition) is 3. The molecule has 0 aliphatic heterocycles. The van der Waals surface area contributed by atoms with E-state index in [9.17, 15) is 9.59 Å². The fraction of sp³-hybridized carbons (Fsp3) is 0.529. The van der Waals surface area contributed by atoms with Crippen LogP contribution < -0.4 is 16.4 Å². The minimum absolute atomic E-state index is 0.0282. The molecule has 1 aromatic rings. The van der Waals surface area contributed by atoms with Crippen molar-refractivity contribution < 1.29 is 9.59 Å². The standard InChI is InChI=1S/C17H25N3O2/c1-11-13(17(22)19-2)7-5-9-15(11)20-16(21)10-12-6-3-4-8-14(12)18/h5,7,9,12,14H,3-4,6,8,10,18H2,1-2H3,(H,19,22)(H,20,21). The molecule has 5 heteroatoms. The molecule has 1 saturated carbocycles. The molecule has 0 radical (unpaired) electrons. The average molecular weight is 303 g/mol. The second kappa shape index (κ2) is 7.40. The van der Waals surface area contributed by atoms with Crippen molar-refractivity contribution in [2.24, 2.45) is 11.7 Å². The minimum Gasteiger partial charge on any atom is -0.355 e. The zero-order valence-electron chi connectivity index (χ0n) is 13.3. The molecule has 0 bridgehead atoms. The molecule has 1 aliphatic carbocycles. The van der Waals surface area contributed by atoms with Gasteiger partial charge in [-0.3, -0.25) is 9.59 Å². The molecule has 1 aromatic carbocycles. The number of rotatable bonds is 4. The summed E-state index contributed by atoms with van der Waals surface area (Å²) in [5.41, 5.74) is 8.15. The molecule has 4 N–H and O–H groups in total. The van der Waals surface area contributed by atoms with E-state index in [1.54, 1.807) is 19.2 Å². The van der Waals surface area contributed by atoms with Gasteiger partial charge >= 0.3 is 0 Å². The summed E-state index contributed by atoms with van der Waals surface area (Å²) in [4.78, 5) is 24.1. The van der Waals surface area contributed by atoms with Crippen LogP contribution in [0, 0.1) is 12.8 Å². The third-order valence-electron chi connectivity index (χ3n) is 4.50. The van der Waals surface area contributed by atoms with Crippen LogP contribution in [-0.2, 0) is 4.79 Å². The second-order valence-corrected chi connectivity index (χ2v) is 6.02. The minimum atomic E-state index is -0.150. The van der Waals surface area contributed by atoms with E-state index in [-0.39, 0.29) is 23.8 Å². The molecule has 22 heavy (non-hydrogen) atoms. The Morgan fingerprint density at radius 1 is 1.27 bits per heavy atom. The van der Waals surface area contributed by atoms with E-state index >= 15 is 0 Å². The molecule has 0 aromatic heterocycles. The van der Waals surface area contributed by atoms with Gasteiger partial charge in [0.05, 0.1) is 0 Å². The van der Waals surface area contributed by atoms with Crippen molar-refractivity contribution >= 4 is 17.5 Å². The van der Waals surface area contributed by atoms with Gasteiger partial charge in [-0.25, -0.2) is 0 Å². The highest BCUT2D eigenvalue weighted by Crippen LogP contribution is 2.26.